The van der Waals surface area contributed by atoms with Gasteiger partial charge >= 0.3 is 6.09 Å². The quantitative estimate of drug-likeness (QED) is 0.693. The lowest BCUT2D eigenvalue weighted by Crippen LogP contribution is -2.45. The fraction of sp³-hybridized carbons (Fsp3) is 0.778. The number of halogens is 2. The van der Waals surface area contributed by atoms with Gasteiger partial charge in [-0.3, -0.25) is 0 Å². The van der Waals surface area contributed by atoms with Crippen molar-refractivity contribution in [1.29, 1.82) is 0 Å². The highest BCUT2D eigenvalue weighted by Crippen LogP contribution is 2.35. The number of nitrogens with one attached hydrogen (secondary N) is 1. The number of alkyl halides is 2. The van der Waals surface area contributed by atoms with Crippen molar-refractivity contribution in [2.24, 2.45) is 17.8 Å². The van der Waals surface area contributed by atoms with Gasteiger partial charge in [0, 0.05) is 6.04 Å². The molecule has 7 heteroatoms. The van der Waals surface area contributed by atoms with Crippen molar-refractivity contribution >= 4 is 17.4 Å². The molecule has 1 aliphatic rings. The van der Waals surface area contributed by atoms with E-state index in [4.69, 9.17) is 4.74 Å². The van der Waals surface area contributed by atoms with Crippen molar-refractivity contribution < 1.29 is 18.3 Å². The second-order valence-corrected chi connectivity index (χ2v) is 8.57. The second-order valence-electron chi connectivity index (χ2n) is 7.40. The summed E-state index contributed by atoms with van der Waals surface area (Å²) in [4.78, 5) is 16.0. The van der Waals surface area contributed by atoms with Crippen LogP contribution < -0.4 is 10.1 Å². The highest BCUT2D eigenvalue weighted by atomic mass is 32.1. The lowest BCUT2D eigenvalue weighted by atomic mass is 9.74. The number of thiazole rings is 1. The van der Waals surface area contributed by atoms with Crippen LogP contribution in [-0.2, 0) is 0 Å². The number of ether oxygens (including phenoxy) is 1. The van der Waals surface area contributed by atoms with Crippen LogP contribution in [0.2, 0.25) is 0 Å². The van der Waals surface area contributed by atoms with Gasteiger partial charge in [-0.15, -0.1) is 0 Å². The van der Waals surface area contributed by atoms with Gasteiger partial charge < -0.3 is 10.1 Å². The summed E-state index contributed by atoms with van der Waals surface area (Å²) < 4.78 is 31.1. The van der Waals surface area contributed by atoms with Crippen molar-refractivity contribution in [2.75, 3.05) is 0 Å². The number of aromatic nitrogens is 1. The van der Waals surface area contributed by atoms with Gasteiger partial charge in [-0.25, -0.2) is 18.6 Å². The Hall–Kier alpha value is -1.24. The van der Waals surface area contributed by atoms with Crippen molar-refractivity contribution in [2.45, 2.75) is 72.3 Å². The molecule has 1 fully saturated rings. The third kappa shape index (κ3) is 5.62. The van der Waals surface area contributed by atoms with Gasteiger partial charge in [-0.05, 0) is 43.9 Å². The maximum absolute atomic E-state index is 13.0. The molecule has 1 aliphatic carbocycles. The van der Waals surface area contributed by atoms with E-state index < -0.39 is 18.2 Å². The zero-order valence-corrected chi connectivity index (χ0v) is 16.2. The highest BCUT2D eigenvalue weighted by molar-refractivity contribution is 7.13. The molecule has 0 radical (unpaired) electrons. The number of carbonyl (C=O) groups is 1. The summed E-state index contributed by atoms with van der Waals surface area (Å²) in [5, 5.41) is 3.27. The molecule has 25 heavy (non-hydrogen) atoms. The molecule has 1 aromatic heterocycles. The van der Waals surface area contributed by atoms with Gasteiger partial charge in [0.2, 0.25) is 5.06 Å². The molecular formula is C18H28F2N2O2S. The van der Waals surface area contributed by atoms with Crippen molar-refractivity contribution in [3.05, 3.63) is 10.7 Å². The minimum atomic E-state index is -2.75. The summed E-state index contributed by atoms with van der Waals surface area (Å²) >= 11 is 0.974. The topological polar surface area (TPSA) is 51.2 Å². The molecule has 0 aliphatic heterocycles. The van der Waals surface area contributed by atoms with E-state index in [-0.39, 0.29) is 11.1 Å². The van der Waals surface area contributed by atoms with Crippen LogP contribution in [0.1, 0.15) is 70.0 Å². The minimum Gasteiger partial charge on any atom is -0.397 e. The summed E-state index contributed by atoms with van der Waals surface area (Å²) in [6, 6.07) is 0.0408. The van der Waals surface area contributed by atoms with Crippen LogP contribution in [0, 0.1) is 24.7 Å². The van der Waals surface area contributed by atoms with Gasteiger partial charge in [-0.2, -0.15) is 0 Å². The number of hydrogen-bond acceptors (Lipinski definition) is 4. The first-order chi connectivity index (χ1) is 11.8. The zero-order chi connectivity index (χ0) is 18.6. The second kappa shape index (κ2) is 8.92. The molecule has 0 aromatic carbocycles. The van der Waals surface area contributed by atoms with Gasteiger partial charge in [-0.1, -0.05) is 44.9 Å². The normalized spacial score (nSPS) is 22.2. The fourth-order valence-electron chi connectivity index (χ4n) is 3.84. The van der Waals surface area contributed by atoms with Gasteiger partial charge in [0.25, 0.3) is 6.43 Å². The van der Waals surface area contributed by atoms with E-state index in [1.165, 1.54) is 6.42 Å². The summed E-state index contributed by atoms with van der Waals surface area (Å²) in [6.45, 7) is 8.26. The van der Waals surface area contributed by atoms with Crippen LogP contribution in [-0.4, -0.2) is 17.1 Å². The first-order valence-electron chi connectivity index (χ1n) is 9.01. The molecule has 0 spiro atoms. The molecule has 3 unspecified atom stereocenters. The van der Waals surface area contributed by atoms with E-state index in [0.29, 0.717) is 22.8 Å². The van der Waals surface area contributed by atoms with Crippen molar-refractivity contribution in [3.63, 3.8) is 0 Å². The largest absolute Gasteiger partial charge is 0.413 e. The number of aryl methyl sites for hydroxylation is 1. The number of hydrogen-bond donors (Lipinski definition) is 1. The van der Waals surface area contributed by atoms with Gasteiger partial charge in [0.05, 0.1) is 5.01 Å². The van der Waals surface area contributed by atoms with Gasteiger partial charge in [0.15, 0.2) is 5.69 Å². The smallest absolute Gasteiger partial charge is 0.397 e. The Morgan fingerprint density at radius 2 is 2.00 bits per heavy atom. The van der Waals surface area contributed by atoms with Crippen LogP contribution in [0.3, 0.4) is 0 Å². The average molecular weight is 374 g/mol. The molecule has 142 valence electrons. The Bertz CT molecular complexity index is 577. The lowest BCUT2D eigenvalue weighted by Gasteiger charge is -2.36. The Morgan fingerprint density at radius 1 is 1.32 bits per heavy atom. The number of rotatable bonds is 6. The Kier molecular flexibility index (Phi) is 7.16. The number of amides is 1. The maximum atomic E-state index is 13.0. The Morgan fingerprint density at radius 3 is 2.64 bits per heavy atom. The standard InChI is InChI=1S/C18H28F2N2O2S/c1-10(2)9-11(3)13-7-5-6-8-14(13)22-18(23)24-17-15(16(19)20)21-12(4)25-17/h10-11,13-14,16H,5-9H2,1-4H3,(H,22,23). The summed E-state index contributed by atoms with van der Waals surface area (Å²) in [5.74, 6) is 1.52. The van der Waals surface area contributed by atoms with Crippen molar-refractivity contribution in [3.8, 4) is 5.06 Å². The van der Waals surface area contributed by atoms with E-state index in [0.717, 1.165) is 37.0 Å². The molecule has 1 saturated carbocycles. The minimum absolute atomic E-state index is 0.0408. The maximum Gasteiger partial charge on any atom is 0.413 e. The third-order valence-corrected chi connectivity index (χ3v) is 5.68. The van der Waals surface area contributed by atoms with Crippen LogP contribution in [0.25, 0.3) is 0 Å². The summed E-state index contributed by atoms with van der Waals surface area (Å²) in [5.41, 5.74) is -0.453. The molecule has 1 aromatic rings. The molecular weight excluding hydrogens is 346 g/mol. The first-order valence-corrected chi connectivity index (χ1v) is 9.83. The van der Waals surface area contributed by atoms with E-state index in [1.54, 1.807) is 6.92 Å². The van der Waals surface area contributed by atoms with E-state index in [9.17, 15) is 13.6 Å². The average Bonchev–Trinajstić information content (AvgIpc) is 2.87. The Labute approximate surface area is 152 Å². The van der Waals surface area contributed by atoms with Crippen molar-refractivity contribution in [1.82, 2.24) is 10.3 Å². The SMILES string of the molecule is Cc1nc(C(F)F)c(OC(=O)NC2CCCCC2C(C)CC(C)C)s1. The fourth-order valence-corrected chi connectivity index (χ4v) is 4.61. The molecule has 1 N–H and O–H groups in total. The molecule has 3 atom stereocenters. The highest BCUT2D eigenvalue weighted by Gasteiger charge is 2.32. The molecule has 1 amide bonds. The summed E-state index contributed by atoms with van der Waals surface area (Å²) in [7, 11) is 0. The van der Waals surface area contributed by atoms with E-state index >= 15 is 0 Å². The predicted octanol–water partition coefficient (Wildman–Crippen LogP) is 5.72. The van der Waals surface area contributed by atoms with Crippen LogP contribution in [0.15, 0.2) is 0 Å². The number of carbonyl (C=O) groups excluding carboxylic acids is 1. The molecule has 1 heterocycles. The summed E-state index contributed by atoms with van der Waals surface area (Å²) in [6.07, 6.45) is 1.94. The third-order valence-electron chi connectivity index (χ3n) is 4.82. The lowest BCUT2D eigenvalue weighted by molar-refractivity contribution is 0.138. The van der Waals surface area contributed by atoms with E-state index in [1.807, 2.05) is 0 Å². The predicted molar refractivity (Wildman–Crippen MR) is 95.3 cm³/mol. The first kappa shape index (κ1) is 20.1. The monoisotopic (exact) mass is 374 g/mol. The van der Waals surface area contributed by atoms with E-state index in [2.05, 4.69) is 31.1 Å². The van der Waals surface area contributed by atoms with Crippen LogP contribution in [0.4, 0.5) is 13.6 Å². The molecule has 2 rings (SSSR count). The molecule has 0 saturated heterocycles. The number of nitrogens with zero attached hydrogens (tertiary/aromatic N) is 1. The van der Waals surface area contributed by atoms with Gasteiger partial charge in [0.1, 0.15) is 0 Å². The van der Waals surface area contributed by atoms with Crippen LogP contribution in [0.5, 0.6) is 5.06 Å². The molecule has 0 bridgehead atoms. The zero-order valence-electron chi connectivity index (χ0n) is 15.4. The Balaban J connectivity index is 2.00. The molecule has 4 nitrogen and oxygen atoms in total. The van der Waals surface area contributed by atoms with Crippen LogP contribution >= 0.6 is 11.3 Å².